The van der Waals surface area contributed by atoms with Gasteiger partial charge in [-0.05, 0) is 31.6 Å². The molecule has 0 aliphatic heterocycles. The molecule has 0 amide bonds. The fourth-order valence-electron chi connectivity index (χ4n) is 1.85. The number of halogens is 1. The summed E-state index contributed by atoms with van der Waals surface area (Å²) in [5.74, 6) is -0.174. The van der Waals surface area contributed by atoms with E-state index in [9.17, 15) is 4.39 Å². The number of benzene rings is 1. The van der Waals surface area contributed by atoms with Gasteiger partial charge in [-0.1, -0.05) is 19.1 Å². The standard InChI is InChI=1S/C13H17FN2/c1-3-16(2)8-7-10-9-15-13-11(10)5-4-6-12(13)14/h4-6,9,15H,3,7-8H2,1-2H3. The van der Waals surface area contributed by atoms with Gasteiger partial charge in [-0.3, -0.25) is 0 Å². The average molecular weight is 220 g/mol. The summed E-state index contributed by atoms with van der Waals surface area (Å²) in [5.41, 5.74) is 1.81. The van der Waals surface area contributed by atoms with Crippen LogP contribution < -0.4 is 0 Å². The molecule has 1 heterocycles. The van der Waals surface area contributed by atoms with E-state index in [1.807, 2.05) is 12.3 Å². The highest BCUT2D eigenvalue weighted by atomic mass is 19.1. The Morgan fingerprint density at radius 3 is 2.94 bits per heavy atom. The Morgan fingerprint density at radius 2 is 2.19 bits per heavy atom. The summed E-state index contributed by atoms with van der Waals surface area (Å²) in [6.45, 7) is 4.17. The number of hydrogen-bond donors (Lipinski definition) is 1. The summed E-state index contributed by atoms with van der Waals surface area (Å²) in [4.78, 5) is 5.25. The monoisotopic (exact) mass is 220 g/mol. The van der Waals surface area contributed by atoms with Crippen LogP contribution in [0.3, 0.4) is 0 Å². The number of hydrogen-bond acceptors (Lipinski definition) is 1. The van der Waals surface area contributed by atoms with Crippen LogP contribution in [0.5, 0.6) is 0 Å². The third-order valence-electron chi connectivity index (χ3n) is 3.05. The SMILES string of the molecule is CCN(C)CCc1c[nH]c2c(F)cccc12. The normalized spacial score (nSPS) is 11.5. The molecule has 1 aromatic heterocycles. The molecule has 0 bridgehead atoms. The zero-order valence-electron chi connectivity index (χ0n) is 9.76. The molecule has 0 saturated carbocycles. The van der Waals surface area contributed by atoms with E-state index in [1.165, 1.54) is 11.6 Å². The van der Waals surface area contributed by atoms with Crippen LogP contribution in [-0.2, 0) is 6.42 Å². The van der Waals surface area contributed by atoms with Gasteiger partial charge >= 0.3 is 0 Å². The molecule has 0 atom stereocenters. The number of aromatic nitrogens is 1. The van der Waals surface area contributed by atoms with Crippen molar-refractivity contribution in [2.75, 3.05) is 20.1 Å². The Balaban J connectivity index is 2.22. The highest BCUT2D eigenvalue weighted by Gasteiger charge is 2.07. The van der Waals surface area contributed by atoms with Gasteiger partial charge in [0.25, 0.3) is 0 Å². The molecule has 0 unspecified atom stereocenters. The second-order valence-corrected chi connectivity index (χ2v) is 4.12. The average Bonchev–Trinajstić information content (AvgIpc) is 2.70. The summed E-state index contributed by atoms with van der Waals surface area (Å²) in [6, 6.07) is 5.22. The van der Waals surface area contributed by atoms with Crippen LogP contribution in [-0.4, -0.2) is 30.0 Å². The van der Waals surface area contributed by atoms with Crippen molar-refractivity contribution in [1.29, 1.82) is 0 Å². The van der Waals surface area contributed by atoms with E-state index in [4.69, 9.17) is 0 Å². The summed E-state index contributed by atoms with van der Waals surface area (Å²) in [6.07, 6.45) is 2.87. The lowest BCUT2D eigenvalue weighted by Gasteiger charge is -2.12. The second kappa shape index (κ2) is 4.66. The first-order chi connectivity index (χ1) is 7.72. The quantitative estimate of drug-likeness (QED) is 0.839. The summed E-state index contributed by atoms with van der Waals surface area (Å²) < 4.78 is 13.4. The predicted molar refractivity (Wildman–Crippen MR) is 65.1 cm³/mol. The van der Waals surface area contributed by atoms with E-state index >= 15 is 0 Å². The molecule has 0 aliphatic carbocycles. The smallest absolute Gasteiger partial charge is 0.147 e. The molecule has 0 radical (unpaired) electrons. The second-order valence-electron chi connectivity index (χ2n) is 4.12. The van der Waals surface area contributed by atoms with Gasteiger partial charge in [0.15, 0.2) is 0 Å². The van der Waals surface area contributed by atoms with Crippen molar-refractivity contribution in [1.82, 2.24) is 9.88 Å². The Morgan fingerprint density at radius 1 is 1.38 bits per heavy atom. The first-order valence-corrected chi connectivity index (χ1v) is 5.65. The van der Waals surface area contributed by atoms with Crippen molar-refractivity contribution < 1.29 is 4.39 Å². The Labute approximate surface area is 95.1 Å². The van der Waals surface area contributed by atoms with E-state index in [0.29, 0.717) is 5.52 Å². The van der Waals surface area contributed by atoms with Crippen LogP contribution in [0.15, 0.2) is 24.4 Å². The van der Waals surface area contributed by atoms with Crippen LogP contribution in [0.25, 0.3) is 10.9 Å². The molecule has 3 heteroatoms. The Bertz CT molecular complexity index is 476. The van der Waals surface area contributed by atoms with E-state index in [0.717, 1.165) is 24.9 Å². The molecule has 86 valence electrons. The van der Waals surface area contributed by atoms with Gasteiger partial charge in [-0.15, -0.1) is 0 Å². The molecule has 0 saturated heterocycles. The van der Waals surface area contributed by atoms with Gasteiger partial charge in [0, 0.05) is 18.1 Å². The van der Waals surface area contributed by atoms with Gasteiger partial charge in [0.05, 0.1) is 5.52 Å². The van der Waals surface area contributed by atoms with Gasteiger partial charge in [-0.2, -0.15) is 0 Å². The Hall–Kier alpha value is -1.35. The number of aromatic amines is 1. The van der Waals surface area contributed by atoms with Gasteiger partial charge in [-0.25, -0.2) is 4.39 Å². The lowest BCUT2D eigenvalue weighted by Crippen LogP contribution is -2.20. The van der Waals surface area contributed by atoms with Crippen LogP contribution in [0, 0.1) is 5.82 Å². The predicted octanol–water partition coefficient (Wildman–Crippen LogP) is 2.80. The van der Waals surface area contributed by atoms with Gasteiger partial charge in [0.2, 0.25) is 0 Å². The fraction of sp³-hybridized carbons (Fsp3) is 0.385. The molecule has 2 rings (SSSR count). The van der Waals surface area contributed by atoms with E-state index in [-0.39, 0.29) is 5.82 Å². The lowest BCUT2D eigenvalue weighted by atomic mass is 10.1. The van der Waals surface area contributed by atoms with E-state index in [2.05, 4.69) is 23.9 Å². The number of fused-ring (bicyclic) bond motifs is 1. The largest absolute Gasteiger partial charge is 0.359 e. The molecule has 0 fully saturated rings. The Kier molecular flexibility index (Phi) is 3.25. The fourth-order valence-corrected chi connectivity index (χ4v) is 1.85. The van der Waals surface area contributed by atoms with Gasteiger partial charge < -0.3 is 9.88 Å². The third-order valence-corrected chi connectivity index (χ3v) is 3.05. The number of nitrogens with zero attached hydrogens (tertiary/aromatic N) is 1. The van der Waals surface area contributed by atoms with E-state index < -0.39 is 0 Å². The first-order valence-electron chi connectivity index (χ1n) is 5.65. The maximum atomic E-state index is 13.4. The number of likely N-dealkylation sites (N-methyl/N-ethyl adjacent to an activating group) is 1. The van der Waals surface area contributed by atoms with Crippen LogP contribution in [0.4, 0.5) is 4.39 Å². The maximum absolute atomic E-state index is 13.4. The lowest BCUT2D eigenvalue weighted by molar-refractivity contribution is 0.358. The van der Waals surface area contributed by atoms with Crippen molar-refractivity contribution >= 4 is 10.9 Å². The number of rotatable bonds is 4. The summed E-state index contributed by atoms with van der Waals surface area (Å²) in [7, 11) is 2.09. The highest BCUT2D eigenvalue weighted by Crippen LogP contribution is 2.21. The third kappa shape index (κ3) is 2.09. The van der Waals surface area contributed by atoms with Crippen molar-refractivity contribution in [3.8, 4) is 0 Å². The molecule has 16 heavy (non-hydrogen) atoms. The van der Waals surface area contributed by atoms with Crippen molar-refractivity contribution in [3.63, 3.8) is 0 Å². The molecule has 2 nitrogen and oxygen atoms in total. The molecule has 1 N–H and O–H groups in total. The first kappa shape index (κ1) is 11.1. The minimum atomic E-state index is -0.174. The molecule has 0 aliphatic rings. The van der Waals surface area contributed by atoms with Crippen LogP contribution >= 0.6 is 0 Å². The number of H-pyrrole nitrogens is 1. The molecule has 0 spiro atoms. The summed E-state index contributed by atoms with van der Waals surface area (Å²) in [5, 5.41) is 1.00. The molecular weight excluding hydrogens is 203 g/mol. The maximum Gasteiger partial charge on any atom is 0.147 e. The number of para-hydroxylation sites is 1. The van der Waals surface area contributed by atoms with Crippen molar-refractivity contribution in [3.05, 3.63) is 35.8 Å². The topological polar surface area (TPSA) is 19.0 Å². The molecule has 1 aromatic carbocycles. The molecular formula is C13H17FN2. The van der Waals surface area contributed by atoms with Crippen molar-refractivity contribution in [2.45, 2.75) is 13.3 Å². The van der Waals surface area contributed by atoms with Crippen LogP contribution in [0.1, 0.15) is 12.5 Å². The number of nitrogens with one attached hydrogen (secondary N) is 1. The molecule has 2 aromatic rings. The minimum absolute atomic E-state index is 0.174. The highest BCUT2D eigenvalue weighted by molar-refractivity contribution is 5.83. The zero-order valence-corrected chi connectivity index (χ0v) is 9.76. The zero-order chi connectivity index (χ0) is 11.5. The van der Waals surface area contributed by atoms with E-state index in [1.54, 1.807) is 6.07 Å². The van der Waals surface area contributed by atoms with Gasteiger partial charge in [0.1, 0.15) is 5.82 Å². The van der Waals surface area contributed by atoms with Crippen LogP contribution in [0.2, 0.25) is 0 Å². The minimum Gasteiger partial charge on any atom is -0.359 e. The van der Waals surface area contributed by atoms with Crippen molar-refractivity contribution in [2.24, 2.45) is 0 Å². The summed E-state index contributed by atoms with van der Waals surface area (Å²) >= 11 is 0.